The summed E-state index contributed by atoms with van der Waals surface area (Å²) in [5.41, 5.74) is -1.39. The van der Waals surface area contributed by atoms with Crippen molar-refractivity contribution in [3.63, 3.8) is 0 Å². The Morgan fingerprint density at radius 2 is 1.82 bits per heavy atom. The van der Waals surface area contributed by atoms with Crippen LogP contribution in [0.1, 0.15) is 10.4 Å². The number of thiazole rings is 1. The van der Waals surface area contributed by atoms with Crippen molar-refractivity contribution in [1.29, 1.82) is 0 Å². The highest BCUT2D eigenvalue weighted by molar-refractivity contribution is 8.01. The van der Waals surface area contributed by atoms with Gasteiger partial charge in [0.1, 0.15) is 27.9 Å². The number of carboxylic acid groups (broad SMARTS) is 1. The Hall–Kier alpha value is -3.70. The van der Waals surface area contributed by atoms with Gasteiger partial charge < -0.3 is 5.11 Å². The Bertz CT molecular complexity index is 1620. The number of nitrogens with zero attached hydrogens (tertiary/aromatic N) is 3. The van der Waals surface area contributed by atoms with E-state index in [-0.39, 0.29) is 21.7 Å². The van der Waals surface area contributed by atoms with Crippen molar-refractivity contribution in [3.8, 4) is 5.69 Å². The zero-order valence-electron chi connectivity index (χ0n) is 16.3. The third kappa shape index (κ3) is 3.74. The van der Waals surface area contributed by atoms with Crippen molar-refractivity contribution < 1.29 is 23.1 Å². The number of pyridine rings is 2. The first-order chi connectivity index (χ1) is 15.8. The second-order valence-electron chi connectivity index (χ2n) is 6.84. The molecule has 0 aliphatic heterocycles. The Morgan fingerprint density at radius 1 is 1.03 bits per heavy atom. The van der Waals surface area contributed by atoms with Gasteiger partial charge in [0.15, 0.2) is 10.2 Å². The molecule has 164 valence electrons. The summed E-state index contributed by atoms with van der Waals surface area (Å²) in [6.07, 6.45) is 0.889. The van der Waals surface area contributed by atoms with Crippen LogP contribution in [0.4, 0.5) is 13.2 Å². The van der Waals surface area contributed by atoms with E-state index >= 15 is 0 Å². The summed E-state index contributed by atoms with van der Waals surface area (Å²) in [4.78, 5) is 32.9. The van der Waals surface area contributed by atoms with Gasteiger partial charge in [-0.05, 0) is 42.1 Å². The van der Waals surface area contributed by atoms with Crippen molar-refractivity contribution in [2.24, 2.45) is 0 Å². The molecular weight excluding hydrogens is 475 g/mol. The number of hydrogen-bond acceptors (Lipinski definition) is 6. The minimum Gasteiger partial charge on any atom is -0.477 e. The first-order valence-electron chi connectivity index (χ1n) is 9.30. The lowest BCUT2D eigenvalue weighted by Gasteiger charge is -2.13. The average Bonchev–Trinajstić information content (AvgIpc) is 3.18. The van der Waals surface area contributed by atoms with Gasteiger partial charge >= 0.3 is 5.97 Å². The zero-order valence-corrected chi connectivity index (χ0v) is 17.9. The maximum Gasteiger partial charge on any atom is 0.341 e. The van der Waals surface area contributed by atoms with Gasteiger partial charge in [-0.15, -0.1) is 11.3 Å². The summed E-state index contributed by atoms with van der Waals surface area (Å²) in [5.74, 6) is -4.29. The van der Waals surface area contributed by atoms with Crippen molar-refractivity contribution in [2.75, 3.05) is 0 Å². The molecule has 0 aliphatic carbocycles. The molecule has 11 heteroatoms. The van der Waals surface area contributed by atoms with E-state index < -0.39 is 34.4 Å². The smallest absolute Gasteiger partial charge is 0.341 e. The Morgan fingerprint density at radius 3 is 2.55 bits per heavy atom. The molecule has 3 aromatic heterocycles. The van der Waals surface area contributed by atoms with Crippen LogP contribution in [0.2, 0.25) is 0 Å². The summed E-state index contributed by atoms with van der Waals surface area (Å²) in [7, 11) is 0. The van der Waals surface area contributed by atoms with Crippen molar-refractivity contribution in [2.45, 2.75) is 9.37 Å². The van der Waals surface area contributed by atoms with E-state index in [1.54, 1.807) is 0 Å². The van der Waals surface area contributed by atoms with Crippen LogP contribution in [0.15, 0.2) is 68.9 Å². The molecule has 33 heavy (non-hydrogen) atoms. The van der Waals surface area contributed by atoms with Crippen LogP contribution >= 0.6 is 23.1 Å². The van der Waals surface area contributed by atoms with E-state index in [0.717, 1.165) is 50.9 Å². The molecule has 3 heterocycles. The average molecular weight is 485 g/mol. The van der Waals surface area contributed by atoms with Gasteiger partial charge in [-0.3, -0.25) is 9.36 Å². The number of aromatic nitrogens is 3. The lowest BCUT2D eigenvalue weighted by Crippen LogP contribution is -2.20. The second kappa shape index (κ2) is 8.01. The van der Waals surface area contributed by atoms with E-state index in [9.17, 15) is 27.9 Å². The maximum atomic E-state index is 14.9. The summed E-state index contributed by atoms with van der Waals surface area (Å²) < 4.78 is 45.3. The maximum absolute atomic E-state index is 14.9. The molecule has 0 aliphatic rings. The first kappa shape index (κ1) is 21.2. The van der Waals surface area contributed by atoms with Gasteiger partial charge in [0, 0.05) is 12.3 Å². The van der Waals surface area contributed by atoms with Crippen molar-refractivity contribution in [1.82, 2.24) is 14.5 Å². The summed E-state index contributed by atoms with van der Waals surface area (Å²) >= 11 is 2.24. The zero-order chi connectivity index (χ0) is 23.3. The summed E-state index contributed by atoms with van der Waals surface area (Å²) in [6.45, 7) is 0. The fourth-order valence-electron chi connectivity index (χ4n) is 3.27. The molecule has 0 spiro atoms. The molecule has 0 radical (unpaired) electrons. The van der Waals surface area contributed by atoms with E-state index in [1.807, 2.05) is 24.3 Å². The highest BCUT2D eigenvalue weighted by atomic mass is 32.2. The van der Waals surface area contributed by atoms with Gasteiger partial charge in [-0.1, -0.05) is 12.1 Å². The topological polar surface area (TPSA) is 85.1 Å². The Labute approximate surface area is 191 Å². The summed E-state index contributed by atoms with van der Waals surface area (Å²) in [5, 5.41) is 8.91. The van der Waals surface area contributed by atoms with E-state index in [0.29, 0.717) is 10.4 Å². The van der Waals surface area contributed by atoms with Gasteiger partial charge in [0.05, 0.1) is 21.3 Å². The molecule has 0 unspecified atom stereocenters. The van der Waals surface area contributed by atoms with E-state index in [4.69, 9.17) is 0 Å². The lowest BCUT2D eigenvalue weighted by atomic mass is 10.1. The van der Waals surface area contributed by atoms with Crippen LogP contribution < -0.4 is 5.43 Å². The number of benzene rings is 2. The van der Waals surface area contributed by atoms with Crippen LogP contribution in [-0.2, 0) is 0 Å². The number of hydrogen-bond donors (Lipinski definition) is 1. The third-order valence-corrected chi connectivity index (χ3v) is 6.83. The van der Waals surface area contributed by atoms with Crippen LogP contribution in [0, 0.1) is 17.5 Å². The number of fused-ring (bicyclic) bond motifs is 2. The highest BCUT2D eigenvalue weighted by Gasteiger charge is 2.21. The van der Waals surface area contributed by atoms with Gasteiger partial charge in [-0.2, -0.15) is 0 Å². The molecule has 0 amide bonds. The largest absolute Gasteiger partial charge is 0.477 e. The SMILES string of the molecule is O=C(O)c1cn(-c2ccc(F)cc2F)c2nc(Sc3nc4ccccc4s3)c(F)cc2c1=O. The van der Waals surface area contributed by atoms with Gasteiger partial charge in [0.2, 0.25) is 5.43 Å². The monoisotopic (exact) mass is 485 g/mol. The molecule has 0 atom stereocenters. The summed E-state index contributed by atoms with van der Waals surface area (Å²) in [6, 6.07) is 10.9. The minimum atomic E-state index is -1.58. The Balaban J connectivity index is 1.75. The molecule has 2 aromatic carbocycles. The van der Waals surface area contributed by atoms with Gasteiger partial charge in [0.25, 0.3) is 0 Å². The normalized spacial score (nSPS) is 11.4. The van der Waals surface area contributed by atoms with Crippen LogP contribution in [0.3, 0.4) is 0 Å². The first-order valence-corrected chi connectivity index (χ1v) is 10.9. The second-order valence-corrected chi connectivity index (χ2v) is 9.11. The molecule has 0 bridgehead atoms. The fraction of sp³-hybridized carbons (Fsp3) is 0. The van der Waals surface area contributed by atoms with Crippen molar-refractivity contribution >= 4 is 50.3 Å². The van der Waals surface area contributed by atoms with E-state index in [2.05, 4.69) is 9.97 Å². The van der Waals surface area contributed by atoms with Crippen LogP contribution in [0.25, 0.3) is 26.9 Å². The van der Waals surface area contributed by atoms with Crippen LogP contribution in [-0.4, -0.2) is 25.6 Å². The van der Waals surface area contributed by atoms with Gasteiger partial charge in [-0.25, -0.2) is 27.9 Å². The van der Waals surface area contributed by atoms with Crippen molar-refractivity contribution in [3.05, 3.63) is 88.0 Å². The molecule has 0 saturated carbocycles. The molecule has 0 fully saturated rings. The number of para-hydroxylation sites is 1. The molecule has 5 aromatic rings. The quantitative estimate of drug-likeness (QED) is 0.374. The Kier molecular flexibility index (Phi) is 5.14. The number of carbonyl (C=O) groups is 1. The highest BCUT2D eigenvalue weighted by Crippen LogP contribution is 2.35. The number of aromatic carboxylic acids is 1. The molecule has 0 saturated heterocycles. The molecule has 1 N–H and O–H groups in total. The number of rotatable bonds is 4. The standard InChI is InChI=1S/C22H10F3N3O3S2/c23-10-5-6-16(13(24)7-10)28-9-12(21(30)31)18(29)11-8-14(25)20(27-19(11)28)33-22-26-15-3-1-2-4-17(15)32-22/h1-9H,(H,30,31). The lowest BCUT2D eigenvalue weighted by molar-refractivity contribution is 0.0695. The van der Waals surface area contributed by atoms with Crippen LogP contribution in [0.5, 0.6) is 0 Å². The fourth-order valence-corrected chi connectivity index (χ4v) is 5.24. The number of carboxylic acids is 1. The van der Waals surface area contributed by atoms with E-state index in [1.165, 1.54) is 11.3 Å². The molecule has 5 rings (SSSR count). The number of halogens is 3. The minimum absolute atomic E-state index is 0.139. The molecule has 6 nitrogen and oxygen atoms in total. The predicted octanol–water partition coefficient (Wildman–Crippen LogP) is 5.26. The predicted molar refractivity (Wildman–Crippen MR) is 118 cm³/mol. The molecular formula is C22H10F3N3O3S2. The third-order valence-electron chi connectivity index (χ3n) is 4.76.